The van der Waals surface area contributed by atoms with E-state index in [2.05, 4.69) is 4.98 Å². The summed E-state index contributed by atoms with van der Waals surface area (Å²) in [6.07, 6.45) is 4.50. The molecule has 7 heteroatoms. The first-order chi connectivity index (χ1) is 11.0. The predicted molar refractivity (Wildman–Crippen MR) is 87.7 cm³/mol. The fourth-order valence-corrected chi connectivity index (χ4v) is 2.19. The molecular formula is C16H17ClN2O4. The summed E-state index contributed by atoms with van der Waals surface area (Å²) in [6.45, 7) is 0. The number of ether oxygens (including phenoxy) is 3. The molecule has 0 aliphatic carbocycles. The number of nitrogens with zero attached hydrogens (tertiary/aromatic N) is 2. The Balaban J connectivity index is 2.32. The minimum Gasteiger partial charge on any atom is -0.493 e. The fourth-order valence-electron chi connectivity index (χ4n) is 2.06. The zero-order chi connectivity index (χ0) is 17.0. The second-order valence-corrected chi connectivity index (χ2v) is 5.01. The summed E-state index contributed by atoms with van der Waals surface area (Å²) < 4.78 is 17.3. The molecule has 23 heavy (non-hydrogen) atoms. The van der Waals surface area contributed by atoms with E-state index in [1.807, 2.05) is 0 Å². The Morgan fingerprint density at radius 1 is 1.17 bits per heavy atom. The summed E-state index contributed by atoms with van der Waals surface area (Å²) in [5, 5.41) is 0.398. The zero-order valence-electron chi connectivity index (χ0n) is 13.3. The van der Waals surface area contributed by atoms with Gasteiger partial charge in [-0.1, -0.05) is 17.7 Å². The van der Waals surface area contributed by atoms with Crippen molar-refractivity contribution >= 4 is 23.5 Å². The number of rotatable bonds is 6. The van der Waals surface area contributed by atoms with E-state index in [9.17, 15) is 4.79 Å². The van der Waals surface area contributed by atoms with Gasteiger partial charge in [0.2, 0.25) is 11.5 Å². The fraction of sp³-hybridized carbons (Fsp3) is 0.250. The molecular weight excluding hydrogens is 320 g/mol. The summed E-state index contributed by atoms with van der Waals surface area (Å²) in [7, 11) is 6.28. The normalized spacial score (nSPS) is 10.8. The largest absolute Gasteiger partial charge is 0.493 e. The molecule has 2 rings (SSSR count). The van der Waals surface area contributed by atoms with Crippen molar-refractivity contribution < 1.29 is 19.0 Å². The number of carbonyl (C=O) groups is 1. The Morgan fingerprint density at radius 3 is 2.22 bits per heavy atom. The highest BCUT2D eigenvalue weighted by atomic mass is 35.5. The van der Waals surface area contributed by atoms with Crippen LogP contribution >= 0.6 is 11.6 Å². The molecule has 0 atom stereocenters. The van der Waals surface area contributed by atoms with Gasteiger partial charge in [-0.3, -0.25) is 4.79 Å². The van der Waals surface area contributed by atoms with E-state index in [1.165, 1.54) is 38.2 Å². The van der Waals surface area contributed by atoms with Crippen LogP contribution in [-0.4, -0.2) is 36.7 Å². The molecule has 1 heterocycles. The Kier molecular flexibility index (Phi) is 5.28. The van der Waals surface area contributed by atoms with Crippen molar-refractivity contribution in [2.24, 2.45) is 7.05 Å². The number of allylic oxidation sites excluding steroid dienone is 1. The molecule has 1 aromatic carbocycles. The first-order valence-electron chi connectivity index (χ1n) is 6.71. The Morgan fingerprint density at radius 2 is 1.78 bits per heavy atom. The minimum atomic E-state index is -0.256. The third-order valence-electron chi connectivity index (χ3n) is 3.27. The summed E-state index contributed by atoms with van der Waals surface area (Å²) in [5.41, 5.74) is 0.730. The molecule has 0 saturated heterocycles. The summed E-state index contributed by atoms with van der Waals surface area (Å²) in [5.74, 6) is 1.53. The molecule has 2 aromatic rings. The number of hydrogen-bond acceptors (Lipinski definition) is 5. The van der Waals surface area contributed by atoms with Gasteiger partial charge in [0.25, 0.3) is 0 Å². The van der Waals surface area contributed by atoms with Crippen molar-refractivity contribution in [2.75, 3.05) is 21.3 Å². The van der Waals surface area contributed by atoms with Gasteiger partial charge in [-0.25, -0.2) is 4.98 Å². The minimum absolute atomic E-state index is 0.256. The van der Waals surface area contributed by atoms with Gasteiger partial charge in [-0.05, 0) is 23.8 Å². The highest BCUT2D eigenvalue weighted by Crippen LogP contribution is 2.38. The first kappa shape index (κ1) is 16.9. The molecule has 1 aromatic heterocycles. The molecule has 0 aliphatic heterocycles. The lowest BCUT2D eigenvalue weighted by Crippen LogP contribution is -2.04. The molecule has 122 valence electrons. The maximum absolute atomic E-state index is 12.2. The Labute approximate surface area is 139 Å². The summed E-state index contributed by atoms with van der Waals surface area (Å²) in [6, 6.07) is 3.49. The molecule has 0 aliphatic rings. The lowest BCUT2D eigenvalue weighted by atomic mass is 10.1. The number of hydrogen-bond donors (Lipinski definition) is 0. The van der Waals surface area contributed by atoms with E-state index < -0.39 is 0 Å². The van der Waals surface area contributed by atoms with Gasteiger partial charge in [0.05, 0.1) is 27.5 Å². The quantitative estimate of drug-likeness (QED) is 0.599. The van der Waals surface area contributed by atoms with Crippen molar-refractivity contribution in [1.29, 1.82) is 0 Å². The first-order valence-corrected chi connectivity index (χ1v) is 7.09. The van der Waals surface area contributed by atoms with Crippen molar-refractivity contribution in [1.82, 2.24) is 9.55 Å². The van der Waals surface area contributed by atoms with Gasteiger partial charge < -0.3 is 18.8 Å². The van der Waals surface area contributed by atoms with E-state index in [0.29, 0.717) is 22.4 Å². The Hall–Kier alpha value is -2.47. The van der Waals surface area contributed by atoms with Crippen molar-refractivity contribution in [3.8, 4) is 17.2 Å². The van der Waals surface area contributed by atoms with Crippen LogP contribution in [0.25, 0.3) is 6.08 Å². The second kappa shape index (κ2) is 7.19. The number of aromatic nitrogens is 2. The van der Waals surface area contributed by atoms with Gasteiger partial charge in [0.1, 0.15) is 5.15 Å². The van der Waals surface area contributed by atoms with Crippen LogP contribution in [0.5, 0.6) is 17.2 Å². The maximum atomic E-state index is 12.2. The van der Waals surface area contributed by atoms with Crippen LogP contribution in [0.1, 0.15) is 16.2 Å². The molecule has 0 N–H and O–H groups in total. The number of methoxy groups -OCH3 is 3. The third kappa shape index (κ3) is 3.48. The van der Waals surface area contributed by atoms with E-state index in [4.69, 9.17) is 25.8 Å². The van der Waals surface area contributed by atoms with Crippen LogP contribution in [-0.2, 0) is 7.05 Å². The highest BCUT2D eigenvalue weighted by Gasteiger charge is 2.13. The average Bonchev–Trinajstić information content (AvgIpc) is 2.90. The maximum Gasteiger partial charge on any atom is 0.221 e. The van der Waals surface area contributed by atoms with Crippen LogP contribution in [0, 0.1) is 0 Å². The molecule has 0 amide bonds. The monoisotopic (exact) mass is 336 g/mol. The second-order valence-electron chi connectivity index (χ2n) is 4.62. The van der Waals surface area contributed by atoms with E-state index in [-0.39, 0.29) is 11.6 Å². The molecule has 0 unspecified atom stereocenters. The van der Waals surface area contributed by atoms with Crippen molar-refractivity contribution in [3.63, 3.8) is 0 Å². The standard InChI is InChI=1S/C16H17ClN2O4/c1-19-14(17)9-18-16(19)11(20)6-5-10-7-12(21-2)15(23-4)13(8-10)22-3/h5-9H,1-4H3. The van der Waals surface area contributed by atoms with Gasteiger partial charge in [0.15, 0.2) is 17.3 Å². The lowest BCUT2D eigenvalue weighted by Gasteiger charge is -2.12. The number of ketones is 1. The van der Waals surface area contributed by atoms with E-state index in [1.54, 1.807) is 25.3 Å². The number of halogens is 1. The van der Waals surface area contributed by atoms with Crippen LogP contribution in [0.15, 0.2) is 24.4 Å². The van der Waals surface area contributed by atoms with E-state index >= 15 is 0 Å². The van der Waals surface area contributed by atoms with Crippen LogP contribution in [0.2, 0.25) is 5.15 Å². The van der Waals surface area contributed by atoms with Crippen molar-refractivity contribution in [3.05, 3.63) is 40.9 Å². The number of imidazole rings is 1. The average molecular weight is 337 g/mol. The van der Waals surface area contributed by atoms with Gasteiger partial charge in [-0.15, -0.1) is 0 Å². The molecule has 0 bridgehead atoms. The summed E-state index contributed by atoms with van der Waals surface area (Å²) in [4.78, 5) is 16.2. The third-order valence-corrected chi connectivity index (χ3v) is 3.62. The predicted octanol–water partition coefficient (Wildman–Crippen LogP) is 3.00. The molecule has 0 fully saturated rings. The molecule has 0 radical (unpaired) electrons. The lowest BCUT2D eigenvalue weighted by molar-refractivity contribution is 0.103. The molecule has 0 saturated carbocycles. The molecule has 6 nitrogen and oxygen atoms in total. The van der Waals surface area contributed by atoms with Crippen LogP contribution < -0.4 is 14.2 Å². The van der Waals surface area contributed by atoms with Crippen LogP contribution in [0.3, 0.4) is 0 Å². The van der Waals surface area contributed by atoms with Gasteiger partial charge in [-0.2, -0.15) is 0 Å². The highest BCUT2D eigenvalue weighted by molar-refractivity contribution is 6.29. The van der Waals surface area contributed by atoms with Crippen LogP contribution in [0.4, 0.5) is 0 Å². The smallest absolute Gasteiger partial charge is 0.221 e. The topological polar surface area (TPSA) is 62.6 Å². The molecule has 0 spiro atoms. The van der Waals surface area contributed by atoms with Gasteiger partial charge in [0, 0.05) is 7.05 Å². The van der Waals surface area contributed by atoms with Crippen molar-refractivity contribution in [2.45, 2.75) is 0 Å². The summed E-state index contributed by atoms with van der Waals surface area (Å²) >= 11 is 5.88. The number of benzene rings is 1. The van der Waals surface area contributed by atoms with Gasteiger partial charge >= 0.3 is 0 Å². The zero-order valence-corrected chi connectivity index (χ0v) is 14.0. The Bertz CT molecular complexity index is 728. The number of carbonyl (C=O) groups excluding carboxylic acids is 1. The van der Waals surface area contributed by atoms with E-state index in [0.717, 1.165) is 5.56 Å². The SMILES string of the molecule is COc1cc(C=CC(=O)c2ncc(Cl)n2C)cc(OC)c1OC.